The van der Waals surface area contributed by atoms with E-state index < -0.39 is 22.7 Å². The number of nitro groups is 1. The van der Waals surface area contributed by atoms with Crippen LogP contribution in [0, 0.1) is 39.7 Å². The number of carbonyl (C=O) groups excluding carboxylic acids is 3. The summed E-state index contributed by atoms with van der Waals surface area (Å²) in [6.07, 6.45) is 0.713. The second-order valence-corrected chi connectivity index (χ2v) is 13.1. The van der Waals surface area contributed by atoms with Crippen LogP contribution in [0.1, 0.15) is 29.7 Å². The summed E-state index contributed by atoms with van der Waals surface area (Å²) in [7, 11) is 0. The van der Waals surface area contributed by atoms with E-state index in [1.165, 1.54) is 29.2 Å². The number of aromatic amines is 1. The number of non-ortho nitro benzene ring substituents is 1. The van der Waals surface area contributed by atoms with Crippen LogP contribution in [0.15, 0.2) is 58.4 Å². The first-order valence-corrected chi connectivity index (χ1v) is 15.4. The topological polar surface area (TPSA) is 149 Å². The molecule has 1 aromatic heterocycles. The standard InChI is InChI=1S/C29H25N3O8S2/c1-2-39-19(33)12-40-18-6-4-3-5-15(18)20-21-16-11-17(24(21)41-26-25(20)42-29(36)30-26)23-22(16)27(34)31(28(23)35)13-7-9-14(10-8-13)32(37)38/h3-10,16-17,20-24H,2,11-12H2,1H3,(H,30,36)/t16-,17-,20+,21-,22+,23+,24-/m1/s1. The number of nitro benzene ring substituents is 1. The number of aromatic nitrogens is 1. The maximum Gasteiger partial charge on any atom is 0.344 e. The number of para-hydroxylation sites is 1. The molecule has 2 aromatic carbocycles. The first-order chi connectivity index (χ1) is 20.3. The van der Waals surface area contributed by atoms with Gasteiger partial charge < -0.3 is 14.5 Å². The van der Waals surface area contributed by atoms with Crippen molar-refractivity contribution < 1.29 is 28.8 Å². The molecule has 1 saturated heterocycles. The third-order valence-electron chi connectivity index (χ3n) is 8.95. The predicted molar refractivity (Wildman–Crippen MR) is 153 cm³/mol. The number of amides is 2. The molecule has 0 spiro atoms. The van der Waals surface area contributed by atoms with Crippen LogP contribution < -0.4 is 14.5 Å². The molecular formula is C29H25N3O8S2. The van der Waals surface area contributed by atoms with E-state index in [0.717, 1.165) is 26.8 Å². The molecule has 0 radical (unpaired) electrons. The van der Waals surface area contributed by atoms with E-state index in [0.29, 0.717) is 17.9 Å². The Balaban J connectivity index is 1.26. The molecule has 7 atom stereocenters. The fourth-order valence-corrected chi connectivity index (χ4v) is 10.4. The van der Waals surface area contributed by atoms with Gasteiger partial charge >= 0.3 is 10.8 Å². The SMILES string of the molecule is CCOC(=O)COc1ccccc1[C@@H]1c2sc(=O)[nH]c2S[C@@H]2[C@@H]3C[C@@H]([C@@H]4C(=O)N(c5ccc([N+](=O)[O-])cc5)C(=O)[C@@H]34)[C@H]12. The molecule has 3 heterocycles. The van der Waals surface area contributed by atoms with Gasteiger partial charge in [0, 0.05) is 33.7 Å². The normalized spacial score (nSPS) is 28.8. The maximum absolute atomic E-state index is 13.9. The Hall–Kier alpha value is -3.97. The zero-order valence-electron chi connectivity index (χ0n) is 22.3. The molecule has 42 heavy (non-hydrogen) atoms. The van der Waals surface area contributed by atoms with Crippen molar-refractivity contribution in [1.29, 1.82) is 0 Å². The molecule has 3 aromatic rings. The number of hydrogen-bond acceptors (Lipinski definition) is 10. The summed E-state index contributed by atoms with van der Waals surface area (Å²) in [4.78, 5) is 67.8. The van der Waals surface area contributed by atoms with E-state index in [1.54, 1.807) is 24.8 Å². The molecule has 2 aliphatic carbocycles. The van der Waals surface area contributed by atoms with E-state index in [-0.39, 0.29) is 64.5 Å². The number of hydrogen-bond donors (Lipinski definition) is 1. The third-order valence-corrected chi connectivity index (χ3v) is 11.5. The first kappa shape index (κ1) is 26.9. The Morgan fingerprint density at radius 1 is 1.07 bits per heavy atom. The smallest absolute Gasteiger partial charge is 0.344 e. The Bertz CT molecular complexity index is 1680. The van der Waals surface area contributed by atoms with Gasteiger partial charge in [-0.15, -0.1) is 11.8 Å². The van der Waals surface area contributed by atoms with E-state index in [4.69, 9.17) is 9.47 Å². The molecule has 13 heteroatoms. The summed E-state index contributed by atoms with van der Waals surface area (Å²) < 4.78 is 11.0. The maximum atomic E-state index is 13.9. The van der Waals surface area contributed by atoms with Gasteiger partial charge in [-0.05, 0) is 49.3 Å². The van der Waals surface area contributed by atoms with Crippen LogP contribution in [-0.2, 0) is 19.1 Å². The van der Waals surface area contributed by atoms with Gasteiger partial charge in [0.2, 0.25) is 11.8 Å². The van der Waals surface area contributed by atoms with Crippen LogP contribution in [-0.4, -0.2) is 46.2 Å². The monoisotopic (exact) mass is 607 g/mol. The van der Waals surface area contributed by atoms with Crippen LogP contribution in [0.3, 0.4) is 0 Å². The van der Waals surface area contributed by atoms with Crippen molar-refractivity contribution in [2.75, 3.05) is 18.1 Å². The summed E-state index contributed by atoms with van der Waals surface area (Å²) in [5.74, 6) is -2.08. The number of ether oxygens (including phenoxy) is 2. The summed E-state index contributed by atoms with van der Waals surface area (Å²) in [5.41, 5.74) is 1.03. The number of thioether (sulfide) groups is 1. The molecule has 2 aliphatic heterocycles. The number of anilines is 1. The van der Waals surface area contributed by atoms with E-state index in [9.17, 15) is 29.3 Å². The molecule has 2 amide bonds. The molecule has 2 bridgehead atoms. The molecule has 4 aliphatic rings. The summed E-state index contributed by atoms with van der Waals surface area (Å²) >= 11 is 2.72. The van der Waals surface area contributed by atoms with E-state index in [1.807, 2.05) is 18.2 Å². The van der Waals surface area contributed by atoms with Gasteiger partial charge in [0.15, 0.2) is 6.61 Å². The quantitative estimate of drug-likeness (QED) is 0.182. The van der Waals surface area contributed by atoms with Crippen LogP contribution in [0.5, 0.6) is 5.75 Å². The molecule has 11 nitrogen and oxygen atoms in total. The lowest BCUT2D eigenvalue weighted by Crippen LogP contribution is -2.42. The summed E-state index contributed by atoms with van der Waals surface area (Å²) in [6.45, 7) is 1.70. The Kier molecular flexibility index (Phi) is 6.46. The molecule has 0 unspecified atom stereocenters. The highest BCUT2D eigenvalue weighted by atomic mass is 32.2. The number of H-pyrrole nitrogens is 1. The Labute approximate surface area is 247 Å². The average Bonchev–Trinajstić information content (AvgIpc) is 3.71. The van der Waals surface area contributed by atoms with Crippen molar-refractivity contribution in [2.45, 2.75) is 29.5 Å². The lowest BCUT2D eigenvalue weighted by Gasteiger charge is -2.43. The minimum atomic E-state index is -0.522. The molecule has 3 fully saturated rings. The zero-order valence-corrected chi connectivity index (χ0v) is 23.9. The molecule has 7 rings (SSSR count). The Morgan fingerprint density at radius 2 is 1.79 bits per heavy atom. The summed E-state index contributed by atoms with van der Waals surface area (Å²) in [5, 5.41) is 11.9. The van der Waals surface area contributed by atoms with Crippen LogP contribution in [0.25, 0.3) is 0 Å². The number of nitrogens with zero attached hydrogens (tertiary/aromatic N) is 2. The zero-order chi connectivity index (χ0) is 29.3. The van der Waals surface area contributed by atoms with Crippen molar-refractivity contribution >= 4 is 52.3 Å². The van der Waals surface area contributed by atoms with Gasteiger partial charge in [0.25, 0.3) is 5.69 Å². The number of carbonyl (C=O) groups is 3. The number of fused-ring (bicyclic) bond motifs is 9. The molecule has 2 saturated carbocycles. The van der Waals surface area contributed by atoms with Crippen molar-refractivity contribution in [1.82, 2.24) is 4.98 Å². The second kappa shape index (κ2) is 10.1. The first-order valence-electron chi connectivity index (χ1n) is 13.7. The lowest BCUT2D eigenvalue weighted by atomic mass is 9.68. The van der Waals surface area contributed by atoms with Gasteiger partial charge in [-0.25, -0.2) is 4.79 Å². The molecular weight excluding hydrogens is 582 g/mol. The largest absolute Gasteiger partial charge is 0.482 e. The number of benzene rings is 2. The minimum Gasteiger partial charge on any atom is -0.482 e. The number of imide groups is 1. The van der Waals surface area contributed by atoms with Gasteiger partial charge in [-0.1, -0.05) is 29.5 Å². The van der Waals surface area contributed by atoms with Gasteiger partial charge in [-0.3, -0.25) is 29.4 Å². The fraction of sp³-hybridized carbons (Fsp3) is 0.379. The predicted octanol–water partition coefficient (Wildman–Crippen LogP) is 3.96. The number of rotatable bonds is 7. The second-order valence-electron chi connectivity index (χ2n) is 10.9. The van der Waals surface area contributed by atoms with Crippen molar-refractivity contribution in [2.24, 2.45) is 29.6 Å². The molecule has 1 N–H and O–H groups in total. The van der Waals surface area contributed by atoms with Crippen molar-refractivity contribution in [3.63, 3.8) is 0 Å². The highest BCUT2D eigenvalue weighted by Gasteiger charge is 2.69. The van der Waals surface area contributed by atoms with E-state index >= 15 is 0 Å². The summed E-state index contributed by atoms with van der Waals surface area (Å²) in [6, 6.07) is 12.9. The highest BCUT2D eigenvalue weighted by Crippen LogP contribution is 2.69. The van der Waals surface area contributed by atoms with Gasteiger partial charge in [0.1, 0.15) is 5.75 Å². The fourth-order valence-electron chi connectivity index (χ4n) is 7.55. The number of thiazole rings is 1. The number of nitrogens with one attached hydrogen (secondary N) is 1. The molecule has 216 valence electrons. The van der Waals surface area contributed by atoms with Gasteiger partial charge in [0.05, 0.1) is 34.1 Å². The van der Waals surface area contributed by atoms with Crippen LogP contribution in [0.2, 0.25) is 0 Å². The lowest BCUT2D eigenvalue weighted by molar-refractivity contribution is -0.384. The van der Waals surface area contributed by atoms with Gasteiger partial charge in [-0.2, -0.15) is 0 Å². The van der Waals surface area contributed by atoms with Crippen molar-refractivity contribution in [3.05, 3.63) is 78.8 Å². The third kappa shape index (κ3) is 4.01. The van der Waals surface area contributed by atoms with Crippen molar-refractivity contribution in [3.8, 4) is 5.75 Å². The average molecular weight is 608 g/mol. The Morgan fingerprint density at radius 3 is 2.50 bits per heavy atom. The number of esters is 1. The highest BCUT2D eigenvalue weighted by molar-refractivity contribution is 8.00. The minimum absolute atomic E-state index is 0.0225. The van der Waals surface area contributed by atoms with Crippen LogP contribution >= 0.6 is 23.1 Å². The van der Waals surface area contributed by atoms with E-state index in [2.05, 4.69) is 4.98 Å². The van der Waals surface area contributed by atoms with Crippen LogP contribution in [0.4, 0.5) is 11.4 Å².